The second-order valence-corrected chi connectivity index (χ2v) is 10.9. The number of benzene rings is 2. The third-order valence-corrected chi connectivity index (χ3v) is 8.87. The average molecular weight is 513 g/mol. The van der Waals surface area contributed by atoms with Gasteiger partial charge in [0.25, 0.3) is 0 Å². The van der Waals surface area contributed by atoms with Crippen LogP contribution in [-0.2, 0) is 19.2 Å². The number of imide groups is 1. The summed E-state index contributed by atoms with van der Waals surface area (Å²) in [5.41, 5.74) is 1.12. The zero-order valence-corrected chi connectivity index (χ0v) is 21.0. The van der Waals surface area contributed by atoms with Crippen molar-refractivity contribution < 1.29 is 28.7 Å². The summed E-state index contributed by atoms with van der Waals surface area (Å²) in [5.74, 6) is 0.166. The molecule has 38 heavy (non-hydrogen) atoms. The number of esters is 1. The topological polar surface area (TPSA) is 93.2 Å². The fourth-order valence-electron chi connectivity index (χ4n) is 7.10. The van der Waals surface area contributed by atoms with Crippen LogP contribution in [0.2, 0.25) is 0 Å². The smallest absolute Gasteiger partial charge is 0.316 e. The first-order valence-corrected chi connectivity index (χ1v) is 13.4. The number of rotatable bonds is 6. The van der Waals surface area contributed by atoms with Gasteiger partial charge in [0.2, 0.25) is 17.7 Å². The van der Waals surface area contributed by atoms with Gasteiger partial charge in [-0.2, -0.15) is 0 Å². The largest absolute Gasteiger partial charge is 0.494 e. The van der Waals surface area contributed by atoms with Gasteiger partial charge in [0.1, 0.15) is 11.5 Å². The Morgan fingerprint density at radius 2 is 1.58 bits per heavy atom. The third-order valence-electron chi connectivity index (χ3n) is 8.87. The van der Waals surface area contributed by atoms with Gasteiger partial charge in [-0.05, 0) is 73.4 Å². The van der Waals surface area contributed by atoms with E-state index in [9.17, 15) is 19.2 Å². The number of carbonyl (C=O) groups is 4. The van der Waals surface area contributed by atoms with Crippen molar-refractivity contribution in [1.29, 1.82) is 0 Å². The van der Waals surface area contributed by atoms with E-state index in [1.165, 1.54) is 4.90 Å². The second-order valence-electron chi connectivity index (χ2n) is 10.9. The monoisotopic (exact) mass is 512 g/mol. The van der Waals surface area contributed by atoms with Gasteiger partial charge in [-0.15, -0.1) is 0 Å². The Hall–Kier alpha value is -3.94. The maximum absolute atomic E-state index is 13.4. The molecule has 2 saturated carbocycles. The maximum atomic E-state index is 13.4. The standard InChI is InChI=1S/C30H28N2O6/c1-2-37-19-8-6-17(7-9-19)31-15-16(12-25(31)33)30(36)38-20-5-3-4-18(13-20)32-28(34)26-21-10-11-22(24-14-23(21)24)27(26)29(32)35/h3-11,13,16,21-24,26-27H,2,12,14-15H2,1H3/t16-,21+,22+,23+,24+,26-,27-/m1/s1. The van der Waals surface area contributed by atoms with Crippen molar-refractivity contribution >= 4 is 35.1 Å². The minimum Gasteiger partial charge on any atom is -0.494 e. The van der Waals surface area contributed by atoms with Crippen LogP contribution < -0.4 is 19.3 Å². The molecule has 0 aromatic heterocycles. The van der Waals surface area contributed by atoms with Crippen molar-refractivity contribution in [3.8, 4) is 11.5 Å². The van der Waals surface area contributed by atoms with E-state index in [1.807, 2.05) is 6.92 Å². The van der Waals surface area contributed by atoms with Gasteiger partial charge in [-0.25, -0.2) is 4.90 Å². The van der Waals surface area contributed by atoms with Gasteiger partial charge in [0.05, 0.1) is 30.0 Å². The van der Waals surface area contributed by atoms with Crippen LogP contribution in [0.25, 0.3) is 0 Å². The van der Waals surface area contributed by atoms with Gasteiger partial charge in [0, 0.05) is 24.7 Å². The van der Waals surface area contributed by atoms with E-state index in [1.54, 1.807) is 53.4 Å². The normalized spacial score (nSPS) is 32.4. The predicted octanol–water partition coefficient (Wildman–Crippen LogP) is 3.60. The van der Waals surface area contributed by atoms with E-state index in [0.29, 0.717) is 35.6 Å². The summed E-state index contributed by atoms with van der Waals surface area (Å²) in [6, 6.07) is 13.8. The molecule has 2 bridgehead atoms. The van der Waals surface area contributed by atoms with Crippen LogP contribution in [0.1, 0.15) is 19.8 Å². The van der Waals surface area contributed by atoms with Crippen molar-refractivity contribution in [1.82, 2.24) is 0 Å². The minimum absolute atomic E-state index is 0.0519. The van der Waals surface area contributed by atoms with Crippen molar-refractivity contribution in [3.05, 3.63) is 60.7 Å². The van der Waals surface area contributed by atoms with Gasteiger partial charge >= 0.3 is 5.97 Å². The summed E-state index contributed by atoms with van der Waals surface area (Å²) in [6.07, 6.45) is 5.45. The molecule has 8 heteroatoms. The molecule has 3 amide bonds. The zero-order chi connectivity index (χ0) is 26.1. The van der Waals surface area contributed by atoms with Crippen LogP contribution in [0.5, 0.6) is 11.5 Å². The highest BCUT2D eigenvalue weighted by Gasteiger charge is 2.67. The number of hydrogen-bond donors (Lipinski definition) is 0. The van der Waals surface area contributed by atoms with E-state index >= 15 is 0 Å². The summed E-state index contributed by atoms with van der Waals surface area (Å²) in [6.45, 7) is 2.67. The average Bonchev–Trinajstić information content (AvgIpc) is 3.60. The number of carbonyl (C=O) groups excluding carboxylic acids is 4. The van der Waals surface area contributed by atoms with E-state index in [2.05, 4.69) is 12.2 Å². The van der Waals surface area contributed by atoms with Crippen LogP contribution in [0.4, 0.5) is 11.4 Å². The summed E-state index contributed by atoms with van der Waals surface area (Å²) in [7, 11) is 0. The molecule has 4 aliphatic carbocycles. The molecular formula is C30H28N2O6. The van der Waals surface area contributed by atoms with Gasteiger partial charge in [0.15, 0.2) is 0 Å². The Morgan fingerprint density at radius 3 is 2.24 bits per heavy atom. The molecule has 2 aromatic carbocycles. The second kappa shape index (κ2) is 8.55. The highest BCUT2D eigenvalue weighted by atomic mass is 16.5. The highest BCUT2D eigenvalue weighted by molar-refractivity contribution is 6.22. The van der Waals surface area contributed by atoms with Crippen molar-refractivity contribution in [2.24, 2.45) is 41.4 Å². The Bertz CT molecular complexity index is 1350. The molecule has 0 radical (unpaired) electrons. The van der Waals surface area contributed by atoms with Crippen LogP contribution in [0.15, 0.2) is 60.7 Å². The number of hydrogen-bond acceptors (Lipinski definition) is 6. The predicted molar refractivity (Wildman–Crippen MR) is 137 cm³/mol. The minimum atomic E-state index is -0.621. The molecule has 8 rings (SSSR count). The maximum Gasteiger partial charge on any atom is 0.316 e. The SMILES string of the molecule is CCOc1ccc(N2C[C@H](C(=O)Oc3cccc(N4C(=O)[C@@H]5[C@H]6C=C[C@@H]([C@@H]7C[C@@H]67)[C@H]5C4=O)c3)CC2=O)cc1. The summed E-state index contributed by atoms with van der Waals surface area (Å²) >= 11 is 0. The van der Waals surface area contributed by atoms with E-state index < -0.39 is 11.9 Å². The summed E-state index contributed by atoms with van der Waals surface area (Å²) in [4.78, 5) is 55.4. The van der Waals surface area contributed by atoms with E-state index in [4.69, 9.17) is 9.47 Å². The number of allylic oxidation sites excluding steroid dienone is 2. The molecule has 4 fully saturated rings. The summed E-state index contributed by atoms with van der Waals surface area (Å²) < 4.78 is 11.1. The van der Waals surface area contributed by atoms with Crippen LogP contribution in [0, 0.1) is 41.4 Å². The first-order valence-electron chi connectivity index (χ1n) is 13.4. The molecule has 2 aromatic rings. The fourth-order valence-corrected chi connectivity index (χ4v) is 7.10. The first kappa shape index (κ1) is 23.2. The Morgan fingerprint density at radius 1 is 0.895 bits per heavy atom. The molecule has 6 aliphatic rings. The number of nitrogens with zero attached hydrogens (tertiary/aromatic N) is 2. The van der Waals surface area contributed by atoms with E-state index in [-0.39, 0.29) is 60.1 Å². The molecule has 0 unspecified atom stereocenters. The van der Waals surface area contributed by atoms with Crippen LogP contribution in [-0.4, -0.2) is 36.8 Å². The van der Waals surface area contributed by atoms with Gasteiger partial charge in [-0.1, -0.05) is 18.2 Å². The first-order chi connectivity index (χ1) is 18.4. The fraction of sp³-hybridized carbons (Fsp3) is 0.400. The van der Waals surface area contributed by atoms with Gasteiger partial charge < -0.3 is 14.4 Å². The zero-order valence-electron chi connectivity index (χ0n) is 21.0. The number of ether oxygens (including phenoxy) is 2. The number of anilines is 2. The lowest BCUT2D eigenvalue weighted by molar-refractivity contribution is -0.139. The quantitative estimate of drug-likeness (QED) is 0.254. The molecule has 2 aliphatic heterocycles. The Kier molecular flexibility index (Phi) is 5.22. The highest BCUT2D eigenvalue weighted by Crippen LogP contribution is 2.65. The van der Waals surface area contributed by atoms with Crippen molar-refractivity contribution in [2.45, 2.75) is 19.8 Å². The molecule has 194 valence electrons. The Labute approximate surface area is 220 Å². The molecule has 0 N–H and O–H groups in total. The lowest BCUT2D eigenvalue weighted by Crippen LogP contribution is -2.40. The Balaban J connectivity index is 1.05. The van der Waals surface area contributed by atoms with Crippen molar-refractivity contribution in [3.63, 3.8) is 0 Å². The van der Waals surface area contributed by atoms with Crippen LogP contribution >= 0.6 is 0 Å². The molecular weight excluding hydrogens is 484 g/mol. The van der Waals surface area contributed by atoms with Gasteiger partial charge in [-0.3, -0.25) is 19.2 Å². The molecule has 0 spiro atoms. The number of amides is 3. The molecule has 7 atom stereocenters. The molecule has 8 nitrogen and oxygen atoms in total. The lowest BCUT2D eigenvalue weighted by Gasteiger charge is -2.37. The molecule has 2 saturated heterocycles. The van der Waals surface area contributed by atoms with E-state index in [0.717, 1.165) is 6.42 Å². The summed E-state index contributed by atoms with van der Waals surface area (Å²) in [5, 5.41) is 0. The lowest BCUT2D eigenvalue weighted by atomic mass is 9.63. The third kappa shape index (κ3) is 3.50. The molecule has 2 heterocycles. The van der Waals surface area contributed by atoms with Crippen LogP contribution in [0.3, 0.4) is 0 Å². The van der Waals surface area contributed by atoms with Crippen molar-refractivity contribution in [2.75, 3.05) is 23.0 Å².